The quantitative estimate of drug-likeness (QED) is 0.831. The molecule has 3 unspecified atom stereocenters. The number of likely N-dealkylation sites (tertiary alicyclic amines) is 1. The van der Waals surface area contributed by atoms with Crippen LogP contribution in [0, 0.1) is 17.8 Å². The molecule has 1 aliphatic heterocycles. The van der Waals surface area contributed by atoms with Gasteiger partial charge in [0.2, 0.25) is 0 Å². The third-order valence-electron chi connectivity index (χ3n) is 4.88. The fourth-order valence-electron chi connectivity index (χ4n) is 3.52. The SMILES string of the molecule is CCC1CCCN(C(=O)NCC2CCCC2C(=O)O)C1. The summed E-state index contributed by atoms with van der Waals surface area (Å²) in [4.78, 5) is 25.2. The molecule has 2 aliphatic rings. The lowest BCUT2D eigenvalue weighted by Crippen LogP contribution is -2.47. The highest BCUT2D eigenvalue weighted by Crippen LogP contribution is 2.31. The summed E-state index contributed by atoms with van der Waals surface area (Å²) >= 11 is 0. The fraction of sp³-hybridized carbons (Fsp3) is 0.867. The summed E-state index contributed by atoms with van der Waals surface area (Å²) in [5, 5.41) is 12.1. The smallest absolute Gasteiger partial charge is 0.317 e. The molecule has 2 N–H and O–H groups in total. The van der Waals surface area contributed by atoms with Gasteiger partial charge in [-0.25, -0.2) is 4.79 Å². The standard InChI is InChI=1S/C15H26N2O3/c1-2-11-5-4-8-17(10-11)15(20)16-9-12-6-3-7-13(12)14(18)19/h11-13H,2-10H2,1H3,(H,16,20)(H,18,19). The summed E-state index contributed by atoms with van der Waals surface area (Å²) < 4.78 is 0. The predicted octanol–water partition coefficient (Wildman–Crippen LogP) is 2.32. The van der Waals surface area contributed by atoms with Crippen molar-refractivity contribution in [1.82, 2.24) is 10.2 Å². The van der Waals surface area contributed by atoms with Gasteiger partial charge in [0.25, 0.3) is 0 Å². The first kappa shape index (κ1) is 15.1. The summed E-state index contributed by atoms with van der Waals surface area (Å²) in [5.41, 5.74) is 0. The van der Waals surface area contributed by atoms with Crippen molar-refractivity contribution in [3.8, 4) is 0 Å². The van der Waals surface area contributed by atoms with Crippen molar-refractivity contribution in [2.75, 3.05) is 19.6 Å². The van der Waals surface area contributed by atoms with E-state index in [1.165, 1.54) is 6.42 Å². The minimum atomic E-state index is -0.717. The van der Waals surface area contributed by atoms with Crippen LogP contribution in [0.1, 0.15) is 45.4 Å². The Hall–Kier alpha value is -1.26. The number of piperidine rings is 1. The Morgan fingerprint density at radius 2 is 2.05 bits per heavy atom. The highest BCUT2D eigenvalue weighted by Gasteiger charge is 2.33. The largest absolute Gasteiger partial charge is 0.481 e. The maximum absolute atomic E-state index is 12.2. The Bertz CT molecular complexity index is 359. The number of carbonyl (C=O) groups excluding carboxylic acids is 1. The second-order valence-corrected chi connectivity index (χ2v) is 6.18. The molecule has 0 spiro atoms. The van der Waals surface area contributed by atoms with Gasteiger partial charge in [0.15, 0.2) is 0 Å². The Morgan fingerprint density at radius 1 is 1.25 bits per heavy atom. The molecule has 20 heavy (non-hydrogen) atoms. The van der Waals surface area contributed by atoms with Gasteiger partial charge in [-0.15, -0.1) is 0 Å². The van der Waals surface area contributed by atoms with E-state index in [9.17, 15) is 9.59 Å². The minimum Gasteiger partial charge on any atom is -0.481 e. The van der Waals surface area contributed by atoms with Crippen LogP contribution in [0.2, 0.25) is 0 Å². The van der Waals surface area contributed by atoms with Crippen molar-refractivity contribution in [1.29, 1.82) is 0 Å². The molecule has 0 bridgehead atoms. The summed E-state index contributed by atoms with van der Waals surface area (Å²) in [6, 6.07) is -0.0146. The van der Waals surface area contributed by atoms with E-state index >= 15 is 0 Å². The number of hydrogen-bond acceptors (Lipinski definition) is 2. The van der Waals surface area contributed by atoms with Crippen molar-refractivity contribution in [2.24, 2.45) is 17.8 Å². The molecule has 0 aromatic rings. The Morgan fingerprint density at radius 3 is 2.75 bits per heavy atom. The number of amides is 2. The Balaban J connectivity index is 1.78. The van der Waals surface area contributed by atoms with Crippen LogP contribution in [0.15, 0.2) is 0 Å². The first-order valence-corrected chi connectivity index (χ1v) is 7.87. The van der Waals surface area contributed by atoms with Crippen LogP contribution >= 0.6 is 0 Å². The van der Waals surface area contributed by atoms with Gasteiger partial charge in [0.1, 0.15) is 0 Å². The molecule has 5 heteroatoms. The predicted molar refractivity (Wildman–Crippen MR) is 76.5 cm³/mol. The molecule has 2 fully saturated rings. The van der Waals surface area contributed by atoms with E-state index in [0.717, 1.165) is 45.2 Å². The van der Waals surface area contributed by atoms with Gasteiger partial charge in [-0.3, -0.25) is 4.79 Å². The molecule has 0 radical (unpaired) electrons. The first-order valence-electron chi connectivity index (χ1n) is 7.87. The summed E-state index contributed by atoms with van der Waals surface area (Å²) in [6.07, 6.45) is 6.02. The van der Waals surface area contributed by atoms with Gasteiger partial charge in [0, 0.05) is 19.6 Å². The molecule has 2 rings (SSSR count). The number of nitrogens with zero attached hydrogens (tertiary/aromatic N) is 1. The van der Waals surface area contributed by atoms with Crippen molar-refractivity contribution >= 4 is 12.0 Å². The number of hydrogen-bond donors (Lipinski definition) is 2. The lowest BCUT2D eigenvalue weighted by molar-refractivity contribution is -0.142. The molecule has 0 aromatic carbocycles. The first-order chi connectivity index (χ1) is 9.61. The summed E-state index contributed by atoms with van der Waals surface area (Å²) in [5.74, 6) is -0.276. The van der Waals surface area contributed by atoms with Crippen LogP contribution in [0.5, 0.6) is 0 Å². The highest BCUT2D eigenvalue weighted by atomic mass is 16.4. The van der Waals surface area contributed by atoms with E-state index in [1.54, 1.807) is 0 Å². The number of rotatable bonds is 4. The van der Waals surface area contributed by atoms with Gasteiger partial charge in [-0.05, 0) is 37.5 Å². The molecule has 5 nitrogen and oxygen atoms in total. The molecule has 2 amide bonds. The molecular weight excluding hydrogens is 256 g/mol. The average Bonchev–Trinajstić information content (AvgIpc) is 2.93. The topological polar surface area (TPSA) is 69.6 Å². The second-order valence-electron chi connectivity index (χ2n) is 6.18. The van der Waals surface area contributed by atoms with E-state index in [1.807, 2.05) is 4.90 Å². The third kappa shape index (κ3) is 3.64. The molecule has 0 aromatic heterocycles. The maximum Gasteiger partial charge on any atom is 0.317 e. The molecule has 114 valence electrons. The maximum atomic E-state index is 12.2. The zero-order chi connectivity index (χ0) is 14.5. The molecule has 1 saturated heterocycles. The van der Waals surface area contributed by atoms with Crippen LogP contribution in [-0.2, 0) is 4.79 Å². The monoisotopic (exact) mass is 282 g/mol. The lowest BCUT2D eigenvalue weighted by Gasteiger charge is -2.32. The van der Waals surface area contributed by atoms with Crippen LogP contribution in [0.3, 0.4) is 0 Å². The second kappa shape index (κ2) is 6.95. The van der Waals surface area contributed by atoms with Crippen LogP contribution in [0.25, 0.3) is 0 Å². The molecule has 1 saturated carbocycles. The van der Waals surface area contributed by atoms with Crippen molar-refractivity contribution in [3.63, 3.8) is 0 Å². The summed E-state index contributed by atoms with van der Waals surface area (Å²) in [7, 11) is 0. The zero-order valence-electron chi connectivity index (χ0n) is 12.3. The molecule has 1 aliphatic carbocycles. The van der Waals surface area contributed by atoms with E-state index in [0.29, 0.717) is 12.5 Å². The van der Waals surface area contributed by atoms with Crippen LogP contribution < -0.4 is 5.32 Å². The van der Waals surface area contributed by atoms with Gasteiger partial charge in [0.05, 0.1) is 5.92 Å². The third-order valence-corrected chi connectivity index (χ3v) is 4.88. The Kier molecular flexibility index (Phi) is 5.26. The number of aliphatic carboxylic acids is 1. The lowest BCUT2D eigenvalue weighted by atomic mass is 9.95. The number of carboxylic acids is 1. The number of carbonyl (C=O) groups is 2. The zero-order valence-corrected chi connectivity index (χ0v) is 12.3. The number of nitrogens with one attached hydrogen (secondary N) is 1. The van der Waals surface area contributed by atoms with Crippen molar-refractivity contribution in [3.05, 3.63) is 0 Å². The van der Waals surface area contributed by atoms with Gasteiger partial charge in [-0.1, -0.05) is 19.8 Å². The van der Waals surface area contributed by atoms with Gasteiger partial charge < -0.3 is 15.3 Å². The fourth-order valence-corrected chi connectivity index (χ4v) is 3.52. The molecular formula is C15H26N2O3. The number of carboxylic acid groups (broad SMARTS) is 1. The summed E-state index contributed by atoms with van der Waals surface area (Å²) in [6.45, 7) is 4.34. The van der Waals surface area contributed by atoms with E-state index < -0.39 is 5.97 Å². The van der Waals surface area contributed by atoms with Crippen LogP contribution in [-0.4, -0.2) is 41.6 Å². The van der Waals surface area contributed by atoms with Gasteiger partial charge >= 0.3 is 12.0 Å². The van der Waals surface area contributed by atoms with Crippen LogP contribution in [0.4, 0.5) is 4.79 Å². The van der Waals surface area contributed by atoms with Gasteiger partial charge in [-0.2, -0.15) is 0 Å². The average molecular weight is 282 g/mol. The molecule has 3 atom stereocenters. The van der Waals surface area contributed by atoms with Crippen molar-refractivity contribution < 1.29 is 14.7 Å². The molecule has 1 heterocycles. The van der Waals surface area contributed by atoms with E-state index in [2.05, 4.69) is 12.2 Å². The highest BCUT2D eigenvalue weighted by molar-refractivity contribution is 5.74. The Labute approximate surface area is 120 Å². The van der Waals surface area contributed by atoms with E-state index in [4.69, 9.17) is 5.11 Å². The van der Waals surface area contributed by atoms with Crippen molar-refractivity contribution in [2.45, 2.75) is 45.4 Å². The van der Waals surface area contributed by atoms with E-state index in [-0.39, 0.29) is 17.9 Å². The normalized spacial score (nSPS) is 30.2. The number of urea groups is 1. The minimum absolute atomic E-state index is 0.0146.